The molecule has 0 aromatic heterocycles. The number of aryl methyl sites for hydroxylation is 1. The van der Waals surface area contributed by atoms with Crippen LogP contribution in [0.1, 0.15) is 18.4 Å². The molecule has 0 saturated carbocycles. The van der Waals surface area contributed by atoms with Crippen LogP contribution in [0.2, 0.25) is 0 Å². The van der Waals surface area contributed by atoms with Crippen molar-refractivity contribution in [2.45, 2.75) is 29.6 Å². The van der Waals surface area contributed by atoms with E-state index in [0.29, 0.717) is 18.8 Å². The van der Waals surface area contributed by atoms with Gasteiger partial charge in [-0.05, 0) is 67.8 Å². The van der Waals surface area contributed by atoms with E-state index in [1.54, 1.807) is 36.4 Å². The second-order valence-corrected chi connectivity index (χ2v) is 12.5. The number of rotatable bonds is 9. The Kier molecular flexibility index (Phi) is 7.86. The lowest BCUT2D eigenvalue weighted by Crippen LogP contribution is -2.38. The molecule has 37 heavy (non-hydrogen) atoms. The van der Waals surface area contributed by atoms with Crippen molar-refractivity contribution in [2.24, 2.45) is 0 Å². The molecule has 1 aliphatic rings. The predicted octanol–water partition coefficient (Wildman–Crippen LogP) is 3.62. The lowest BCUT2D eigenvalue weighted by Gasteiger charge is -2.25. The first-order valence-electron chi connectivity index (χ1n) is 11.8. The largest absolute Gasteiger partial charge is 0.495 e. The summed E-state index contributed by atoms with van der Waals surface area (Å²) in [6.07, 6.45) is 1.59. The highest BCUT2D eigenvalue weighted by Gasteiger charge is 2.30. The van der Waals surface area contributed by atoms with Crippen molar-refractivity contribution >= 4 is 37.3 Å². The van der Waals surface area contributed by atoms with Gasteiger partial charge in [-0.3, -0.25) is 9.10 Å². The summed E-state index contributed by atoms with van der Waals surface area (Å²) in [5.41, 5.74) is 1.29. The van der Waals surface area contributed by atoms with Gasteiger partial charge in [-0.15, -0.1) is 0 Å². The lowest BCUT2D eigenvalue weighted by molar-refractivity contribution is -0.114. The van der Waals surface area contributed by atoms with E-state index in [-0.39, 0.29) is 21.2 Å². The summed E-state index contributed by atoms with van der Waals surface area (Å²) in [6.45, 7) is 2.18. The molecule has 1 aliphatic heterocycles. The first-order chi connectivity index (χ1) is 17.6. The molecule has 3 aromatic rings. The first-order valence-corrected chi connectivity index (χ1v) is 14.6. The summed E-state index contributed by atoms with van der Waals surface area (Å²) in [4.78, 5) is 13.3. The molecule has 0 radical (unpaired) electrons. The molecule has 1 N–H and O–H groups in total. The molecule has 0 atom stereocenters. The standard InChI is InChI=1S/C26H29N3O6S2/c1-20-9-8-10-21(17-20)29(37(33,34)22-11-4-3-5-12-22)19-26(30)27-24-18-23(13-14-25(24)35-2)36(31,32)28-15-6-7-16-28/h3-5,8-14,17-18H,6-7,15-16,19H2,1-2H3,(H,27,30). The van der Waals surface area contributed by atoms with E-state index in [1.165, 1.54) is 41.7 Å². The van der Waals surface area contributed by atoms with Gasteiger partial charge in [-0.25, -0.2) is 16.8 Å². The van der Waals surface area contributed by atoms with Gasteiger partial charge in [0.05, 0.1) is 28.3 Å². The number of sulfonamides is 2. The summed E-state index contributed by atoms with van der Waals surface area (Å²) >= 11 is 0. The van der Waals surface area contributed by atoms with E-state index in [0.717, 1.165) is 22.7 Å². The van der Waals surface area contributed by atoms with Crippen molar-refractivity contribution in [1.82, 2.24) is 4.31 Å². The van der Waals surface area contributed by atoms with E-state index in [9.17, 15) is 21.6 Å². The van der Waals surface area contributed by atoms with E-state index in [2.05, 4.69) is 5.32 Å². The fraction of sp³-hybridized carbons (Fsp3) is 0.269. The van der Waals surface area contributed by atoms with Gasteiger partial charge in [0.1, 0.15) is 12.3 Å². The molecule has 1 heterocycles. The van der Waals surface area contributed by atoms with Gasteiger partial charge in [0.25, 0.3) is 10.0 Å². The van der Waals surface area contributed by atoms with E-state index in [1.807, 2.05) is 13.0 Å². The van der Waals surface area contributed by atoms with E-state index < -0.39 is 32.5 Å². The number of hydrogen-bond donors (Lipinski definition) is 1. The second-order valence-electron chi connectivity index (χ2n) is 8.69. The second kappa shape index (κ2) is 10.9. The minimum atomic E-state index is -4.08. The van der Waals surface area contributed by atoms with Crippen LogP contribution in [-0.2, 0) is 24.8 Å². The van der Waals surface area contributed by atoms with Crippen LogP contribution >= 0.6 is 0 Å². The topological polar surface area (TPSA) is 113 Å². The predicted molar refractivity (Wildman–Crippen MR) is 142 cm³/mol. The smallest absolute Gasteiger partial charge is 0.264 e. The molecule has 0 spiro atoms. The number of ether oxygens (including phenoxy) is 1. The van der Waals surface area contributed by atoms with Crippen molar-refractivity contribution in [2.75, 3.05) is 36.4 Å². The zero-order valence-corrected chi connectivity index (χ0v) is 22.3. The number of carbonyl (C=O) groups is 1. The van der Waals surface area contributed by atoms with Gasteiger partial charge in [0.2, 0.25) is 15.9 Å². The van der Waals surface area contributed by atoms with Crippen molar-refractivity contribution in [3.8, 4) is 5.75 Å². The summed E-state index contributed by atoms with van der Waals surface area (Å²) in [7, 11) is -6.41. The molecule has 0 bridgehead atoms. The highest BCUT2D eigenvalue weighted by atomic mass is 32.2. The van der Waals surface area contributed by atoms with Crippen LogP contribution in [0.4, 0.5) is 11.4 Å². The maximum atomic E-state index is 13.5. The van der Waals surface area contributed by atoms with Gasteiger partial charge < -0.3 is 10.1 Å². The number of anilines is 2. The molecular formula is C26H29N3O6S2. The molecule has 9 nitrogen and oxygen atoms in total. The first kappa shape index (κ1) is 26.6. The maximum absolute atomic E-state index is 13.5. The minimum absolute atomic E-state index is 0.0259. The van der Waals surface area contributed by atoms with Gasteiger partial charge in [-0.2, -0.15) is 4.31 Å². The third kappa shape index (κ3) is 5.79. The Hall–Kier alpha value is -3.41. The minimum Gasteiger partial charge on any atom is -0.495 e. The maximum Gasteiger partial charge on any atom is 0.264 e. The van der Waals surface area contributed by atoms with Crippen LogP contribution in [0.3, 0.4) is 0 Å². The number of hydrogen-bond acceptors (Lipinski definition) is 6. The van der Waals surface area contributed by atoms with Crippen molar-refractivity contribution in [3.05, 3.63) is 78.4 Å². The monoisotopic (exact) mass is 543 g/mol. The molecule has 196 valence electrons. The molecule has 0 aliphatic carbocycles. The summed E-state index contributed by atoms with van der Waals surface area (Å²) < 4.78 is 60.9. The van der Waals surface area contributed by atoms with Crippen LogP contribution in [0.5, 0.6) is 5.75 Å². The average Bonchev–Trinajstić information content (AvgIpc) is 3.44. The summed E-state index contributed by atoms with van der Waals surface area (Å²) in [6, 6.07) is 18.9. The number of nitrogens with one attached hydrogen (secondary N) is 1. The Balaban J connectivity index is 1.66. The Morgan fingerprint density at radius 3 is 2.27 bits per heavy atom. The number of benzene rings is 3. The van der Waals surface area contributed by atoms with Gasteiger partial charge >= 0.3 is 0 Å². The molecule has 1 amide bonds. The van der Waals surface area contributed by atoms with Crippen molar-refractivity contribution < 1.29 is 26.4 Å². The SMILES string of the molecule is COc1ccc(S(=O)(=O)N2CCCC2)cc1NC(=O)CN(c1cccc(C)c1)S(=O)(=O)c1ccccc1. The quantitative estimate of drug-likeness (QED) is 0.441. The number of amides is 1. The van der Waals surface area contributed by atoms with Gasteiger partial charge in [0.15, 0.2) is 0 Å². The normalized spacial score (nSPS) is 14.3. The van der Waals surface area contributed by atoms with Crippen LogP contribution in [0.25, 0.3) is 0 Å². The highest BCUT2D eigenvalue weighted by molar-refractivity contribution is 7.92. The van der Waals surface area contributed by atoms with Crippen molar-refractivity contribution in [1.29, 1.82) is 0 Å². The Morgan fingerprint density at radius 1 is 0.919 bits per heavy atom. The third-order valence-electron chi connectivity index (χ3n) is 6.06. The zero-order chi connectivity index (χ0) is 26.6. The van der Waals surface area contributed by atoms with E-state index in [4.69, 9.17) is 4.74 Å². The summed E-state index contributed by atoms with van der Waals surface area (Å²) in [5, 5.41) is 2.65. The Bertz CT molecular complexity index is 1490. The fourth-order valence-corrected chi connectivity index (χ4v) is 7.14. The Morgan fingerprint density at radius 2 is 1.62 bits per heavy atom. The highest BCUT2D eigenvalue weighted by Crippen LogP contribution is 2.31. The van der Waals surface area contributed by atoms with Gasteiger partial charge in [0, 0.05) is 13.1 Å². The van der Waals surface area contributed by atoms with Crippen molar-refractivity contribution in [3.63, 3.8) is 0 Å². The van der Waals surface area contributed by atoms with Gasteiger partial charge in [-0.1, -0.05) is 30.3 Å². The summed E-state index contributed by atoms with van der Waals surface area (Å²) in [5.74, 6) is -0.406. The molecular weight excluding hydrogens is 514 g/mol. The zero-order valence-electron chi connectivity index (χ0n) is 20.6. The van der Waals surface area contributed by atoms with Crippen LogP contribution in [0.15, 0.2) is 82.6 Å². The molecule has 3 aromatic carbocycles. The molecule has 1 saturated heterocycles. The van der Waals surface area contributed by atoms with Crippen LogP contribution in [0, 0.1) is 6.92 Å². The molecule has 4 rings (SSSR count). The van der Waals surface area contributed by atoms with E-state index >= 15 is 0 Å². The fourth-order valence-electron chi connectivity index (χ4n) is 4.16. The van der Waals surface area contributed by atoms with Crippen LogP contribution in [-0.4, -0.2) is 53.8 Å². The number of carbonyl (C=O) groups excluding carboxylic acids is 1. The Labute approximate surface area is 217 Å². The van der Waals surface area contributed by atoms with Crippen LogP contribution < -0.4 is 14.4 Å². The third-order valence-corrected chi connectivity index (χ3v) is 9.74. The molecule has 1 fully saturated rings. The number of methoxy groups -OCH3 is 1. The average molecular weight is 544 g/mol. The molecule has 11 heteroatoms. The molecule has 0 unspecified atom stereocenters. The number of nitrogens with zero attached hydrogens (tertiary/aromatic N) is 2. The lowest BCUT2D eigenvalue weighted by atomic mass is 10.2.